The molecule has 4 amide bonds. The van der Waals surface area contributed by atoms with Crippen molar-refractivity contribution < 1.29 is 24.0 Å². The number of nitrogens with zero attached hydrogens (tertiary/aromatic N) is 1. The Kier molecular flexibility index (Phi) is 21.9. The zero-order chi connectivity index (χ0) is 25.7. The molecule has 0 aliphatic carbocycles. The van der Waals surface area contributed by atoms with Crippen molar-refractivity contribution in [3.63, 3.8) is 0 Å². The number of H-pyrrole nitrogens is 1. The monoisotopic (exact) mass is 456 g/mol. The van der Waals surface area contributed by atoms with Crippen molar-refractivity contribution in [2.24, 2.45) is 11.7 Å². The highest BCUT2D eigenvalue weighted by atomic mass is 16.2. The van der Waals surface area contributed by atoms with Gasteiger partial charge in [0.25, 0.3) is 11.8 Å². The average molecular weight is 457 g/mol. The number of amides is 4. The molecule has 0 aliphatic rings. The first-order chi connectivity index (χ1) is 14.8. The number of carbonyl (C=O) groups is 5. The van der Waals surface area contributed by atoms with E-state index in [9.17, 15) is 24.0 Å². The summed E-state index contributed by atoms with van der Waals surface area (Å²) in [6.07, 6.45) is 1.57. The summed E-state index contributed by atoms with van der Waals surface area (Å²) in [4.78, 5) is 52.4. The number of nitrogens with one attached hydrogen (secondary N) is 4. The Morgan fingerprint density at radius 3 is 1.94 bits per heavy atom. The van der Waals surface area contributed by atoms with Crippen LogP contribution >= 0.6 is 0 Å². The van der Waals surface area contributed by atoms with E-state index in [0.29, 0.717) is 6.41 Å². The lowest BCUT2D eigenvalue weighted by Gasteiger charge is -2.08. The normalized spacial score (nSPS) is 9.06. The summed E-state index contributed by atoms with van der Waals surface area (Å²) in [5.74, 6) is -1.58. The molecule has 1 rings (SSSR count). The highest BCUT2D eigenvalue weighted by Gasteiger charge is 2.10. The van der Waals surface area contributed by atoms with E-state index in [1.54, 1.807) is 13.0 Å². The molecule has 32 heavy (non-hydrogen) atoms. The molecule has 0 unspecified atom stereocenters. The Labute approximate surface area is 190 Å². The van der Waals surface area contributed by atoms with Gasteiger partial charge in [0.2, 0.25) is 18.1 Å². The van der Waals surface area contributed by atoms with Crippen LogP contribution in [-0.4, -0.2) is 59.2 Å². The van der Waals surface area contributed by atoms with E-state index in [0.717, 1.165) is 11.6 Å². The molecule has 0 radical (unpaired) electrons. The summed E-state index contributed by atoms with van der Waals surface area (Å²) < 4.78 is 0. The van der Waals surface area contributed by atoms with E-state index in [4.69, 9.17) is 0 Å². The Morgan fingerprint density at radius 2 is 1.59 bits per heavy atom. The molecule has 6 N–H and O–H groups in total. The van der Waals surface area contributed by atoms with Crippen LogP contribution < -0.4 is 21.7 Å². The van der Waals surface area contributed by atoms with Gasteiger partial charge in [-0.2, -0.15) is 5.10 Å². The lowest BCUT2D eigenvalue weighted by Crippen LogP contribution is -2.39. The van der Waals surface area contributed by atoms with Crippen LogP contribution in [0.4, 0.5) is 0 Å². The molecule has 1 heterocycles. The van der Waals surface area contributed by atoms with Gasteiger partial charge in [-0.25, -0.2) is 0 Å². The van der Waals surface area contributed by atoms with Gasteiger partial charge in [-0.15, -0.1) is 0 Å². The van der Waals surface area contributed by atoms with Gasteiger partial charge in [-0.1, -0.05) is 41.0 Å². The maximum atomic E-state index is 11.5. The topological polar surface area (TPSA) is 176 Å². The molecule has 0 aromatic carbocycles. The lowest BCUT2D eigenvalue weighted by molar-refractivity contribution is -0.135. The minimum atomic E-state index is -1.04. The van der Waals surface area contributed by atoms with Gasteiger partial charge in [0.05, 0.1) is 13.1 Å². The fourth-order valence-electron chi connectivity index (χ4n) is 1.38. The van der Waals surface area contributed by atoms with Crippen molar-refractivity contribution in [3.05, 3.63) is 17.5 Å². The van der Waals surface area contributed by atoms with Crippen molar-refractivity contribution in [1.82, 2.24) is 26.1 Å². The number of primary amides is 1. The Morgan fingerprint density at radius 1 is 1.09 bits per heavy atom. The van der Waals surface area contributed by atoms with Gasteiger partial charge >= 0.3 is 0 Å². The number of carbonyl (C=O) groups excluding carboxylic acids is 5. The second kappa shape index (κ2) is 21.0. The van der Waals surface area contributed by atoms with Crippen molar-refractivity contribution in [2.75, 3.05) is 13.1 Å². The minimum Gasteiger partial charge on any atom is -0.363 e. The summed E-state index contributed by atoms with van der Waals surface area (Å²) in [6.45, 7) is 15.9. The predicted octanol–water partition coefficient (Wildman–Crippen LogP) is 0.838. The number of aromatic nitrogens is 2. The molecule has 0 atom stereocenters. The number of aryl methyl sites for hydroxylation is 1. The second-order valence-electron chi connectivity index (χ2n) is 7.57. The summed E-state index contributed by atoms with van der Waals surface area (Å²) in [7, 11) is 0. The Balaban J connectivity index is -0.000000442. The number of rotatable bonds is 8. The first-order valence-electron chi connectivity index (χ1n) is 10.4. The molecule has 11 heteroatoms. The molecular weight excluding hydrogens is 416 g/mol. The average Bonchev–Trinajstić information content (AvgIpc) is 3.10. The third kappa shape index (κ3) is 24.8. The first-order valence-corrected chi connectivity index (χ1v) is 10.4. The van der Waals surface area contributed by atoms with Crippen molar-refractivity contribution in [2.45, 2.75) is 67.9 Å². The quantitative estimate of drug-likeness (QED) is 0.286. The van der Waals surface area contributed by atoms with Crippen LogP contribution in [0.2, 0.25) is 0 Å². The number of ketones is 1. The summed E-state index contributed by atoms with van der Waals surface area (Å²) in [6, 6.07) is 1.69. The summed E-state index contributed by atoms with van der Waals surface area (Å²) in [5.41, 5.74) is 5.62. The van der Waals surface area contributed by atoms with Crippen molar-refractivity contribution in [1.29, 1.82) is 0 Å². The van der Waals surface area contributed by atoms with E-state index in [2.05, 4.69) is 61.2 Å². The highest BCUT2D eigenvalue weighted by molar-refractivity contribution is 6.36. The zero-order valence-corrected chi connectivity index (χ0v) is 20.5. The first kappa shape index (κ1) is 33.4. The number of hydrogen-bond donors (Lipinski definition) is 5. The molecule has 0 saturated carbocycles. The van der Waals surface area contributed by atoms with E-state index < -0.39 is 11.7 Å². The third-order valence-electron chi connectivity index (χ3n) is 2.42. The van der Waals surface area contributed by atoms with Crippen LogP contribution in [0.1, 0.15) is 71.1 Å². The maximum absolute atomic E-state index is 11.5. The van der Waals surface area contributed by atoms with Crippen LogP contribution in [0.25, 0.3) is 0 Å². The zero-order valence-electron chi connectivity index (χ0n) is 20.5. The van der Waals surface area contributed by atoms with Crippen LogP contribution in [0.5, 0.6) is 0 Å². The second-order valence-corrected chi connectivity index (χ2v) is 7.57. The SMILES string of the molecule is CC(C)C.CCC.Cc1cc(C(=O)NCC(=O)NC(C)C)n[nH]1.NC(=O)C(=O)CNC=O. The van der Waals surface area contributed by atoms with Crippen LogP contribution in [0.3, 0.4) is 0 Å². The molecule has 0 aliphatic heterocycles. The molecule has 1 aromatic heterocycles. The largest absolute Gasteiger partial charge is 0.363 e. The number of aromatic amines is 1. The van der Waals surface area contributed by atoms with Crippen LogP contribution in [0.15, 0.2) is 6.07 Å². The minimum absolute atomic E-state index is 0.0388. The standard InChI is InChI=1S/C10H16N4O2.C4H6N2O3.C4H10.C3H8/c1-6(2)12-9(15)5-11-10(16)8-4-7(3)13-14-8;5-4(9)3(8)1-6-2-7;1-4(2)3;1-3-2/h4,6H,5H2,1-3H3,(H,11,16)(H,12,15)(H,13,14);2H,1H2,(H2,5,9)(H,6,7);4H,1-3H3;3H2,1-2H3. The van der Waals surface area contributed by atoms with E-state index in [1.807, 2.05) is 19.2 Å². The van der Waals surface area contributed by atoms with Gasteiger partial charge in [0.1, 0.15) is 5.69 Å². The molecule has 1 aromatic rings. The van der Waals surface area contributed by atoms with E-state index in [1.165, 1.54) is 6.42 Å². The van der Waals surface area contributed by atoms with Crippen LogP contribution in [-0.2, 0) is 19.2 Å². The van der Waals surface area contributed by atoms with E-state index >= 15 is 0 Å². The van der Waals surface area contributed by atoms with Gasteiger partial charge in [0, 0.05) is 11.7 Å². The Hall–Kier alpha value is -3.24. The molecule has 0 bridgehead atoms. The third-order valence-corrected chi connectivity index (χ3v) is 2.42. The summed E-state index contributed by atoms with van der Waals surface area (Å²) >= 11 is 0. The molecule has 0 spiro atoms. The van der Waals surface area contributed by atoms with Gasteiger partial charge in [0.15, 0.2) is 0 Å². The summed E-state index contributed by atoms with van der Waals surface area (Å²) in [5, 5.41) is 13.6. The highest BCUT2D eigenvalue weighted by Crippen LogP contribution is 1.96. The smallest absolute Gasteiger partial charge is 0.286 e. The molecule has 0 fully saturated rings. The van der Waals surface area contributed by atoms with Gasteiger partial charge in [-0.05, 0) is 32.8 Å². The predicted molar refractivity (Wildman–Crippen MR) is 124 cm³/mol. The fourth-order valence-corrected chi connectivity index (χ4v) is 1.38. The van der Waals surface area contributed by atoms with Gasteiger partial charge < -0.3 is 21.7 Å². The number of Topliss-reactive ketones (excluding diaryl/α,β-unsaturated/α-hetero) is 1. The maximum Gasteiger partial charge on any atom is 0.286 e. The molecule has 184 valence electrons. The van der Waals surface area contributed by atoms with Gasteiger partial charge in [-0.3, -0.25) is 29.1 Å². The molecule has 11 nitrogen and oxygen atoms in total. The van der Waals surface area contributed by atoms with E-state index in [-0.39, 0.29) is 36.6 Å². The lowest BCUT2D eigenvalue weighted by atomic mass is 10.3. The number of nitrogens with two attached hydrogens (primary N) is 1. The van der Waals surface area contributed by atoms with Crippen molar-refractivity contribution >= 4 is 29.9 Å². The molecular formula is C21H40N6O5. The van der Waals surface area contributed by atoms with Crippen molar-refractivity contribution in [3.8, 4) is 0 Å². The fraction of sp³-hybridized carbons (Fsp3) is 0.619. The molecule has 0 saturated heterocycles. The number of hydrogen-bond acceptors (Lipinski definition) is 6. The van der Waals surface area contributed by atoms with Crippen LogP contribution in [0, 0.1) is 12.8 Å². The Bertz CT molecular complexity index is 683.